The molecule has 2 saturated heterocycles. The van der Waals surface area contributed by atoms with Gasteiger partial charge in [0, 0.05) is 50.7 Å². The standard InChI is InChI=1S/C52H82N16O18S/c1-27(54)50(83)67-19-6-9-36(67)48(81)63-32(17-21-87-3)45(78)60-28(2)43(76)62-30(12-15-41(72)73)44(77)58-24-39(70)57-25-40(71)61-31(11-14-38(55)69)46(79)64-33(8-4-5-18-53)51(84)68-20-7-10-37(68)49(82)66-35(22-29-23-56-26-59-29)47(80)65-34(52(85)86)13-16-42(74)75/h23,26-28,30-37H,4-22,24-25,53-54H2,1-3H3,(H2,55,69)(H,56,59)(H,57,70)(H,58,77)(H,60,78)(H,61,71)(H,62,76)(H,63,81)(H,64,79)(H,65,80)(H,66,82)(H,72,73)(H,74,75)(H,85,86)/t27-,28-,30-,31-,32-,33-,34-,35-,36-,37-/m0/s1. The summed E-state index contributed by atoms with van der Waals surface area (Å²) < 4.78 is 0. The molecule has 2 aliphatic rings. The summed E-state index contributed by atoms with van der Waals surface area (Å²) in [5.41, 5.74) is 17.2. The highest BCUT2D eigenvalue weighted by Gasteiger charge is 2.41. The zero-order valence-corrected chi connectivity index (χ0v) is 49.5. The van der Waals surface area contributed by atoms with Gasteiger partial charge in [-0.1, -0.05) is 0 Å². The van der Waals surface area contributed by atoms with Crippen molar-refractivity contribution in [3.63, 3.8) is 0 Å². The molecule has 12 amide bonds. The summed E-state index contributed by atoms with van der Waals surface area (Å²) in [6.45, 7) is 1.62. The van der Waals surface area contributed by atoms with Crippen molar-refractivity contribution < 1.29 is 87.2 Å². The van der Waals surface area contributed by atoms with E-state index in [9.17, 15) is 82.1 Å². The number of unbranched alkanes of at least 4 members (excludes halogenated alkanes) is 1. The number of aromatic nitrogens is 2. The molecule has 10 atom stereocenters. The number of H-pyrrole nitrogens is 1. The Morgan fingerprint density at radius 3 is 1.68 bits per heavy atom. The number of carbonyl (C=O) groups excluding carboxylic acids is 12. The van der Waals surface area contributed by atoms with Crippen LogP contribution < -0.4 is 65.1 Å². The normalized spacial score (nSPS) is 17.3. The Kier molecular flexibility index (Phi) is 31.1. The summed E-state index contributed by atoms with van der Waals surface area (Å²) in [6.07, 6.45) is 3.24. The predicted molar refractivity (Wildman–Crippen MR) is 306 cm³/mol. The molecule has 0 aliphatic carbocycles. The molecule has 34 nitrogen and oxygen atoms in total. The minimum Gasteiger partial charge on any atom is -0.481 e. The molecule has 0 saturated carbocycles. The second-order valence-corrected chi connectivity index (χ2v) is 21.9. The van der Waals surface area contributed by atoms with Gasteiger partial charge >= 0.3 is 17.9 Å². The number of thioether (sulfide) groups is 1. The minimum atomic E-state index is -1.63. The van der Waals surface area contributed by atoms with Crippen molar-refractivity contribution in [2.75, 3.05) is 44.7 Å². The van der Waals surface area contributed by atoms with Crippen LogP contribution in [0.25, 0.3) is 0 Å². The summed E-state index contributed by atoms with van der Waals surface area (Å²) in [7, 11) is 0. The van der Waals surface area contributed by atoms with Crippen LogP contribution in [0.2, 0.25) is 0 Å². The van der Waals surface area contributed by atoms with Gasteiger partial charge in [0.25, 0.3) is 0 Å². The van der Waals surface area contributed by atoms with Gasteiger partial charge < -0.3 is 95.2 Å². The molecule has 35 heteroatoms. The van der Waals surface area contributed by atoms with Crippen LogP contribution in [0.15, 0.2) is 12.5 Å². The molecule has 87 heavy (non-hydrogen) atoms. The summed E-state index contributed by atoms with van der Waals surface area (Å²) >= 11 is 1.38. The lowest BCUT2D eigenvalue weighted by Crippen LogP contribution is -2.59. The van der Waals surface area contributed by atoms with Gasteiger partial charge in [-0.05, 0) is 103 Å². The largest absolute Gasteiger partial charge is 0.481 e. The first-order valence-electron chi connectivity index (χ1n) is 28.3. The minimum absolute atomic E-state index is 0.0111. The number of amides is 12. The Hall–Kier alpha value is -8.47. The number of carbonyl (C=O) groups is 15. The fourth-order valence-corrected chi connectivity index (χ4v) is 9.77. The van der Waals surface area contributed by atoms with Crippen LogP contribution in [0.1, 0.15) is 109 Å². The fraction of sp³-hybridized carbons (Fsp3) is 0.654. The van der Waals surface area contributed by atoms with Crippen LogP contribution in [0.4, 0.5) is 0 Å². The number of hydrogen-bond donors (Lipinski definition) is 16. The third kappa shape index (κ3) is 25.2. The number of imidazole rings is 1. The number of nitrogens with two attached hydrogens (primary N) is 3. The van der Waals surface area contributed by atoms with Gasteiger partial charge in [0.05, 0.1) is 25.5 Å². The van der Waals surface area contributed by atoms with E-state index in [1.54, 1.807) is 6.26 Å². The summed E-state index contributed by atoms with van der Waals surface area (Å²) in [5, 5.41) is 49.9. The number of nitrogens with one attached hydrogen (secondary N) is 10. The van der Waals surface area contributed by atoms with Crippen molar-refractivity contribution in [1.82, 2.24) is 67.6 Å². The molecule has 1 aromatic heterocycles. The molecule has 0 unspecified atom stereocenters. The molecule has 2 fully saturated rings. The van der Waals surface area contributed by atoms with Crippen LogP contribution in [0.5, 0.6) is 0 Å². The van der Waals surface area contributed by atoms with Crippen molar-refractivity contribution in [2.24, 2.45) is 17.2 Å². The Labute approximate surface area is 504 Å². The van der Waals surface area contributed by atoms with E-state index in [1.807, 2.05) is 0 Å². The average molecular weight is 1250 g/mol. The van der Waals surface area contributed by atoms with Crippen molar-refractivity contribution in [3.05, 3.63) is 18.2 Å². The van der Waals surface area contributed by atoms with Gasteiger partial charge in [-0.25, -0.2) is 9.78 Å². The van der Waals surface area contributed by atoms with Gasteiger partial charge in [0.2, 0.25) is 70.9 Å². The monoisotopic (exact) mass is 1250 g/mol. The maximum absolute atomic E-state index is 14.4. The first-order chi connectivity index (χ1) is 41.2. The quantitative estimate of drug-likeness (QED) is 0.0273. The zero-order chi connectivity index (χ0) is 64.9. The third-order valence-corrected chi connectivity index (χ3v) is 14.6. The van der Waals surface area contributed by atoms with E-state index >= 15 is 0 Å². The maximum atomic E-state index is 14.4. The molecule has 2 aliphatic heterocycles. The molecular weight excluding hydrogens is 1170 g/mol. The highest BCUT2D eigenvalue weighted by atomic mass is 32.2. The topological polar surface area (TPSA) is 538 Å². The summed E-state index contributed by atoms with van der Waals surface area (Å²) in [5.74, 6) is -13.9. The molecule has 3 heterocycles. The molecular formula is C52H82N16O18S. The Morgan fingerprint density at radius 2 is 1.13 bits per heavy atom. The zero-order valence-electron chi connectivity index (χ0n) is 48.7. The Morgan fingerprint density at radius 1 is 0.609 bits per heavy atom. The molecule has 484 valence electrons. The number of primary amides is 1. The smallest absolute Gasteiger partial charge is 0.326 e. The lowest BCUT2D eigenvalue weighted by atomic mass is 10.0. The van der Waals surface area contributed by atoms with Crippen molar-refractivity contribution in [2.45, 2.75) is 171 Å². The number of likely N-dealkylation sites (tertiary alicyclic amines) is 2. The second kappa shape index (κ2) is 37.2. The van der Waals surface area contributed by atoms with E-state index in [-0.39, 0.29) is 45.2 Å². The van der Waals surface area contributed by atoms with Crippen molar-refractivity contribution in [3.8, 4) is 0 Å². The number of aromatic amines is 1. The van der Waals surface area contributed by atoms with Crippen molar-refractivity contribution in [1.29, 1.82) is 0 Å². The van der Waals surface area contributed by atoms with Crippen LogP contribution in [0, 0.1) is 0 Å². The van der Waals surface area contributed by atoms with Crippen LogP contribution in [-0.4, -0.2) is 229 Å². The van der Waals surface area contributed by atoms with E-state index in [2.05, 4.69) is 57.8 Å². The Bertz CT molecular complexity index is 2610. The highest BCUT2D eigenvalue weighted by molar-refractivity contribution is 7.98. The number of carboxylic acids is 3. The third-order valence-electron chi connectivity index (χ3n) is 14.0. The average Bonchev–Trinajstić information content (AvgIpc) is 2.64. The maximum Gasteiger partial charge on any atom is 0.326 e. The first kappa shape index (κ1) is 72.8. The van der Waals surface area contributed by atoms with Gasteiger partial charge in [-0.2, -0.15) is 11.8 Å². The van der Waals surface area contributed by atoms with E-state index in [4.69, 9.17) is 22.3 Å². The van der Waals surface area contributed by atoms with Crippen molar-refractivity contribution >= 4 is 101 Å². The van der Waals surface area contributed by atoms with Gasteiger partial charge in [0.1, 0.15) is 54.4 Å². The number of aliphatic carboxylic acids is 3. The first-order valence-corrected chi connectivity index (χ1v) is 29.7. The van der Waals surface area contributed by atoms with E-state index in [0.717, 1.165) is 0 Å². The number of rotatable bonds is 39. The molecule has 0 aromatic carbocycles. The second-order valence-electron chi connectivity index (χ2n) is 20.9. The van der Waals surface area contributed by atoms with Crippen LogP contribution >= 0.6 is 11.8 Å². The number of nitrogens with zero attached hydrogens (tertiary/aromatic N) is 3. The molecule has 3 rings (SSSR count). The molecule has 0 bridgehead atoms. The van der Waals surface area contributed by atoms with Crippen LogP contribution in [-0.2, 0) is 78.3 Å². The molecule has 0 spiro atoms. The SMILES string of the molecule is CSCC[C@H](NC(=O)[C@@H]1CCCN1C(=O)[C@H](C)N)C(=O)N[C@@H](C)C(=O)N[C@@H](CCC(=O)O)C(=O)NCC(=O)NCC(=O)N[C@@H](CCC(N)=O)C(=O)N[C@@H](CCCCN)C(=O)N1CCC[C@H]1C(=O)N[C@@H](Cc1cnc[nH]1)C(=O)N[C@@H](CCC(=O)O)C(=O)O. The van der Waals surface area contributed by atoms with E-state index in [1.165, 1.54) is 47.9 Å². The lowest BCUT2D eigenvalue weighted by Gasteiger charge is -2.31. The predicted octanol–water partition coefficient (Wildman–Crippen LogP) is -6.11. The van der Waals surface area contributed by atoms with E-state index < -0.39 is 201 Å². The highest BCUT2D eigenvalue weighted by Crippen LogP contribution is 2.22. The summed E-state index contributed by atoms with van der Waals surface area (Å²) in [6, 6.07) is -13.0. The van der Waals surface area contributed by atoms with Crippen LogP contribution in [0.3, 0.4) is 0 Å². The number of hydrogen-bond acceptors (Lipinski definition) is 19. The Balaban J connectivity index is 1.67. The lowest BCUT2D eigenvalue weighted by molar-refractivity contribution is -0.144. The fourth-order valence-electron chi connectivity index (χ4n) is 9.30. The number of carboxylic acid groups (broad SMARTS) is 3. The molecule has 1 aromatic rings. The molecule has 19 N–H and O–H groups in total. The summed E-state index contributed by atoms with van der Waals surface area (Å²) in [4.78, 5) is 204. The van der Waals surface area contributed by atoms with Gasteiger partial charge in [-0.3, -0.25) is 67.1 Å². The molecule has 0 radical (unpaired) electrons. The van der Waals surface area contributed by atoms with E-state index in [0.29, 0.717) is 43.7 Å². The van der Waals surface area contributed by atoms with Gasteiger partial charge in [0.15, 0.2) is 0 Å². The van der Waals surface area contributed by atoms with Gasteiger partial charge in [-0.15, -0.1) is 0 Å².